The van der Waals surface area contributed by atoms with Gasteiger partial charge < -0.3 is 15.4 Å². The van der Waals surface area contributed by atoms with Crippen molar-refractivity contribution in [3.8, 4) is 0 Å². The molecule has 2 atom stereocenters. The molecule has 0 spiro atoms. The molecule has 5 nitrogen and oxygen atoms in total. The Morgan fingerprint density at radius 3 is 2.35 bits per heavy atom. The molecule has 0 fully saturated rings. The van der Waals surface area contributed by atoms with E-state index in [9.17, 15) is 9.59 Å². The van der Waals surface area contributed by atoms with Crippen molar-refractivity contribution in [3.05, 3.63) is 25.3 Å². The average molecular weight is 240 g/mol. The summed E-state index contributed by atoms with van der Waals surface area (Å²) in [4.78, 5) is 21.9. The van der Waals surface area contributed by atoms with Gasteiger partial charge in [0, 0.05) is 12.6 Å². The van der Waals surface area contributed by atoms with Crippen molar-refractivity contribution in [2.75, 3.05) is 13.2 Å². The number of carbonyl (C=O) groups is 2. The van der Waals surface area contributed by atoms with Gasteiger partial charge in [0.15, 0.2) is 0 Å². The maximum absolute atomic E-state index is 11.0. The van der Waals surface area contributed by atoms with Crippen LogP contribution in [0.5, 0.6) is 0 Å². The smallest absolute Gasteiger partial charge is 0.243 e. The lowest BCUT2D eigenvalue weighted by molar-refractivity contribution is -0.117. The van der Waals surface area contributed by atoms with Crippen LogP contribution in [0.1, 0.15) is 13.8 Å². The molecule has 0 rings (SSSR count). The van der Waals surface area contributed by atoms with Gasteiger partial charge in [0.2, 0.25) is 11.8 Å². The van der Waals surface area contributed by atoms with Crippen molar-refractivity contribution in [1.29, 1.82) is 0 Å². The molecule has 2 amide bonds. The molecule has 0 aromatic carbocycles. The van der Waals surface area contributed by atoms with E-state index in [0.29, 0.717) is 13.2 Å². The molecule has 0 aromatic heterocycles. The van der Waals surface area contributed by atoms with Crippen LogP contribution >= 0.6 is 0 Å². The summed E-state index contributed by atoms with van der Waals surface area (Å²) < 4.78 is 5.45. The summed E-state index contributed by atoms with van der Waals surface area (Å²) in [6.07, 6.45) is 2.30. The Morgan fingerprint density at radius 2 is 1.82 bits per heavy atom. The van der Waals surface area contributed by atoms with Crippen LogP contribution in [0.4, 0.5) is 0 Å². The van der Waals surface area contributed by atoms with Gasteiger partial charge in [0.25, 0.3) is 0 Å². The van der Waals surface area contributed by atoms with Gasteiger partial charge in [0.05, 0.1) is 12.7 Å². The van der Waals surface area contributed by atoms with Crippen molar-refractivity contribution in [1.82, 2.24) is 10.6 Å². The third-order valence-corrected chi connectivity index (χ3v) is 1.95. The monoisotopic (exact) mass is 240 g/mol. The van der Waals surface area contributed by atoms with Crippen LogP contribution in [0.2, 0.25) is 0 Å². The fourth-order valence-electron chi connectivity index (χ4n) is 1.03. The average Bonchev–Trinajstić information content (AvgIpc) is 2.32. The highest BCUT2D eigenvalue weighted by Crippen LogP contribution is 1.92. The van der Waals surface area contributed by atoms with Gasteiger partial charge in [-0.25, -0.2) is 0 Å². The zero-order chi connectivity index (χ0) is 13.3. The minimum absolute atomic E-state index is 0.0990. The molecule has 2 unspecified atom stereocenters. The molecular weight excluding hydrogens is 220 g/mol. The minimum atomic E-state index is -0.228. The van der Waals surface area contributed by atoms with Crippen LogP contribution in [0, 0.1) is 0 Å². The second-order valence-corrected chi connectivity index (χ2v) is 3.71. The quantitative estimate of drug-likeness (QED) is 0.603. The molecule has 0 bridgehead atoms. The molecule has 0 aliphatic heterocycles. The van der Waals surface area contributed by atoms with E-state index in [4.69, 9.17) is 4.74 Å². The largest absolute Gasteiger partial charge is 0.375 e. The van der Waals surface area contributed by atoms with Crippen LogP contribution < -0.4 is 10.6 Å². The van der Waals surface area contributed by atoms with E-state index in [-0.39, 0.29) is 24.0 Å². The molecule has 0 saturated carbocycles. The summed E-state index contributed by atoms with van der Waals surface area (Å²) in [5.74, 6) is -0.456. The molecule has 0 aliphatic rings. The molecule has 0 saturated heterocycles. The lowest BCUT2D eigenvalue weighted by Crippen LogP contribution is -2.37. The van der Waals surface area contributed by atoms with Crippen molar-refractivity contribution in [3.63, 3.8) is 0 Å². The third kappa shape index (κ3) is 8.21. The molecular formula is C12H20N2O3. The van der Waals surface area contributed by atoms with Gasteiger partial charge in [-0.3, -0.25) is 9.59 Å². The number of rotatable bonds is 8. The predicted octanol–water partition coefficient (Wildman–Crippen LogP) is 0.384. The first-order valence-corrected chi connectivity index (χ1v) is 5.44. The Morgan fingerprint density at radius 1 is 1.24 bits per heavy atom. The number of nitrogens with one attached hydrogen (secondary N) is 2. The Bertz CT molecular complexity index is 289. The Labute approximate surface area is 102 Å². The third-order valence-electron chi connectivity index (χ3n) is 1.95. The number of ether oxygens (including phenoxy) is 1. The Balaban J connectivity index is 3.71. The van der Waals surface area contributed by atoms with Crippen molar-refractivity contribution >= 4 is 11.8 Å². The summed E-state index contributed by atoms with van der Waals surface area (Å²) in [7, 11) is 0. The van der Waals surface area contributed by atoms with Crippen LogP contribution in [-0.4, -0.2) is 37.1 Å². The van der Waals surface area contributed by atoms with E-state index in [2.05, 4.69) is 23.8 Å². The SMILES string of the molecule is C=CC(=O)NCC(C)OCC(C)NC(=O)C=C. The van der Waals surface area contributed by atoms with E-state index in [0.717, 1.165) is 0 Å². The van der Waals surface area contributed by atoms with Gasteiger partial charge in [-0.2, -0.15) is 0 Å². The molecule has 2 N–H and O–H groups in total. The Hall–Kier alpha value is -1.62. The summed E-state index contributed by atoms with van der Waals surface area (Å²) in [5.41, 5.74) is 0. The maximum atomic E-state index is 11.0. The maximum Gasteiger partial charge on any atom is 0.243 e. The molecule has 0 heterocycles. The second kappa shape index (κ2) is 8.52. The molecule has 5 heteroatoms. The number of hydrogen-bond donors (Lipinski definition) is 2. The molecule has 0 aliphatic carbocycles. The van der Waals surface area contributed by atoms with Gasteiger partial charge >= 0.3 is 0 Å². The van der Waals surface area contributed by atoms with Gasteiger partial charge in [-0.05, 0) is 26.0 Å². The highest BCUT2D eigenvalue weighted by Gasteiger charge is 2.08. The first-order chi connectivity index (χ1) is 7.99. The number of carbonyl (C=O) groups excluding carboxylic acids is 2. The van der Waals surface area contributed by atoms with E-state index >= 15 is 0 Å². The van der Waals surface area contributed by atoms with Gasteiger partial charge in [-0.1, -0.05) is 13.2 Å². The van der Waals surface area contributed by atoms with Crippen molar-refractivity contribution < 1.29 is 14.3 Å². The van der Waals surface area contributed by atoms with E-state index in [1.54, 1.807) is 0 Å². The van der Waals surface area contributed by atoms with Gasteiger partial charge in [-0.15, -0.1) is 0 Å². The van der Waals surface area contributed by atoms with E-state index in [1.165, 1.54) is 12.2 Å². The zero-order valence-electron chi connectivity index (χ0n) is 10.4. The molecule has 17 heavy (non-hydrogen) atoms. The summed E-state index contributed by atoms with van der Waals surface area (Å²) >= 11 is 0. The fraction of sp³-hybridized carbons (Fsp3) is 0.500. The fourth-order valence-corrected chi connectivity index (χ4v) is 1.03. The van der Waals surface area contributed by atoms with Crippen LogP contribution in [0.15, 0.2) is 25.3 Å². The lowest BCUT2D eigenvalue weighted by atomic mass is 10.3. The predicted molar refractivity (Wildman–Crippen MR) is 66.4 cm³/mol. The van der Waals surface area contributed by atoms with Gasteiger partial charge in [0.1, 0.15) is 0 Å². The standard InChI is InChI=1S/C12H20N2O3/c1-5-11(15)13-7-10(4)17-8-9(3)14-12(16)6-2/h5-6,9-10H,1-2,7-8H2,3-4H3,(H,13,15)(H,14,16). The summed E-state index contributed by atoms with van der Waals surface area (Å²) in [6, 6.07) is -0.0990. The topological polar surface area (TPSA) is 67.4 Å². The van der Waals surface area contributed by atoms with Crippen molar-refractivity contribution in [2.45, 2.75) is 26.0 Å². The number of amides is 2. The lowest BCUT2D eigenvalue weighted by Gasteiger charge is -2.17. The molecule has 0 radical (unpaired) electrons. The second-order valence-electron chi connectivity index (χ2n) is 3.71. The van der Waals surface area contributed by atoms with Crippen LogP contribution in [-0.2, 0) is 14.3 Å². The first-order valence-electron chi connectivity index (χ1n) is 5.44. The first kappa shape index (κ1) is 15.4. The number of hydrogen-bond acceptors (Lipinski definition) is 3. The Kier molecular flexibility index (Phi) is 7.71. The highest BCUT2D eigenvalue weighted by atomic mass is 16.5. The van der Waals surface area contributed by atoms with E-state index < -0.39 is 0 Å². The molecule has 0 aromatic rings. The minimum Gasteiger partial charge on any atom is -0.375 e. The van der Waals surface area contributed by atoms with Crippen molar-refractivity contribution in [2.24, 2.45) is 0 Å². The zero-order valence-corrected chi connectivity index (χ0v) is 10.4. The van der Waals surface area contributed by atoms with Crippen LogP contribution in [0.25, 0.3) is 0 Å². The summed E-state index contributed by atoms with van der Waals surface area (Å²) in [5, 5.41) is 5.30. The highest BCUT2D eigenvalue weighted by molar-refractivity contribution is 5.87. The molecule has 96 valence electrons. The van der Waals surface area contributed by atoms with Crippen LogP contribution in [0.3, 0.4) is 0 Å². The summed E-state index contributed by atoms with van der Waals surface area (Å²) in [6.45, 7) is 11.2. The van der Waals surface area contributed by atoms with E-state index in [1.807, 2.05) is 13.8 Å². The normalized spacial score (nSPS) is 13.3.